The van der Waals surface area contributed by atoms with E-state index in [2.05, 4.69) is 9.88 Å². The SMILES string of the molecule is Cl.NCCN1CCC(c2nc3cc(Cl)ccc3o2)CC1. The molecule has 3 rings (SSSR count). The third kappa shape index (κ3) is 3.26. The van der Waals surface area contributed by atoms with Crippen molar-refractivity contribution in [1.29, 1.82) is 0 Å². The van der Waals surface area contributed by atoms with E-state index in [1.807, 2.05) is 18.2 Å². The van der Waals surface area contributed by atoms with Gasteiger partial charge in [-0.1, -0.05) is 11.6 Å². The highest BCUT2D eigenvalue weighted by atomic mass is 35.5. The first-order chi connectivity index (χ1) is 9.26. The smallest absolute Gasteiger partial charge is 0.198 e. The summed E-state index contributed by atoms with van der Waals surface area (Å²) in [5.41, 5.74) is 7.26. The standard InChI is InChI=1S/C14H18ClN3O.ClH/c15-11-1-2-13-12(9-11)17-14(19-13)10-3-6-18(7-4-10)8-5-16;/h1-2,9-10H,3-8,16H2;1H. The Hall–Kier alpha value is -0.810. The number of halogens is 2. The maximum absolute atomic E-state index is 5.97. The zero-order chi connectivity index (χ0) is 13.2. The zero-order valence-electron chi connectivity index (χ0n) is 11.2. The molecule has 110 valence electrons. The fraction of sp³-hybridized carbons (Fsp3) is 0.500. The number of benzene rings is 1. The Bertz CT molecular complexity index is 565. The molecule has 0 spiro atoms. The Kier molecular flexibility index (Phi) is 5.27. The summed E-state index contributed by atoms with van der Waals surface area (Å²) in [6, 6.07) is 5.58. The van der Waals surface area contributed by atoms with Crippen molar-refractivity contribution in [2.24, 2.45) is 5.73 Å². The molecule has 1 aromatic carbocycles. The summed E-state index contributed by atoms with van der Waals surface area (Å²) in [7, 11) is 0. The van der Waals surface area contributed by atoms with Crippen molar-refractivity contribution in [2.75, 3.05) is 26.2 Å². The van der Waals surface area contributed by atoms with Gasteiger partial charge in [-0.05, 0) is 44.1 Å². The van der Waals surface area contributed by atoms with Crippen molar-refractivity contribution in [2.45, 2.75) is 18.8 Å². The summed E-state index contributed by atoms with van der Waals surface area (Å²) in [6.45, 7) is 3.85. The van der Waals surface area contributed by atoms with E-state index in [0.717, 1.165) is 56.0 Å². The van der Waals surface area contributed by atoms with E-state index in [0.29, 0.717) is 10.9 Å². The number of hydrogen-bond donors (Lipinski definition) is 1. The van der Waals surface area contributed by atoms with E-state index in [1.54, 1.807) is 0 Å². The summed E-state index contributed by atoms with van der Waals surface area (Å²) in [5.74, 6) is 1.27. The van der Waals surface area contributed by atoms with Crippen LogP contribution in [0.15, 0.2) is 22.6 Å². The molecule has 0 radical (unpaired) electrons. The first-order valence-corrected chi connectivity index (χ1v) is 7.12. The first-order valence-electron chi connectivity index (χ1n) is 6.74. The van der Waals surface area contributed by atoms with Gasteiger partial charge in [-0.2, -0.15) is 0 Å². The van der Waals surface area contributed by atoms with Crippen LogP contribution in [-0.2, 0) is 0 Å². The number of hydrogen-bond acceptors (Lipinski definition) is 4. The number of fused-ring (bicyclic) bond motifs is 1. The van der Waals surface area contributed by atoms with Crippen LogP contribution in [-0.4, -0.2) is 36.1 Å². The van der Waals surface area contributed by atoms with Crippen LogP contribution >= 0.6 is 24.0 Å². The highest BCUT2D eigenvalue weighted by molar-refractivity contribution is 6.31. The molecule has 0 unspecified atom stereocenters. The fourth-order valence-electron chi connectivity index (χ4n) is 2.68. The van der Waals surface area contributed by atoms with E-state index in [-0.39, 0.29) is 12.4 Å². The number of likely N-dealkylation sites (tertiary alicyclic amines) is 1. The summed E-state index contributed by atoms with van der Waals surface area (Å²) in [6.07, 6.45) is 2.17. The van der Waals surface area contributed by atoms with Crippen molar-refractivity contribution < 1.29 is 4.42 Å². The van der Waals surface area contributed by atoms with Gasteiger partial charge in [0.25, 0.3) is 0 Å². The average Bonchev–Trinajstić information content (AvgIpc) is 2.83. The lowest BCUT2D eigenvalue weighted by Crippen LogP contribution is -2.36. The van der Waals surface area contributed by atoms with Crippen molar-refractivity contribution in [3.05, 3.63) is 29.1 Å². The Morgan fingerprint density at radius 1 is 1.35 bits per heavy atom. The predicted octanol–water partition coefficient (Wildman–Crippen LogP) is 3.04. The molecule has 1 aromatic heterocycles. The summed E-state index contributed by atoms with van der Waals surface area (Å²) >= 11 is 5.97. The minimum atomic E-state index is 0. The summed E-state index contributed by atoms with van der Waals surface area (Å²) in [4.78, 5) is 6.97. The molecule has 0 bridgehead atoms. The van der Waals surface area contributed by atoms with E-state index in [9.17, 15) is 0 Å². The minimum Gasteiger partial charge on any atom is -0.440 e. The maximum atomic E-state index is 5.97. The Morgan fingerprint density at radius 3 is 2.80 bits per heavy atom. The van der Waals surface area contributed by atoms with Gasteiger partial charge in [-0.15, -0.1) is 12.4 Å². The van der Waals surface area contributed by atoms with Crippen LogP contribution in [0.2, 0.25) is 5.02 Å². The van der Waals surface area contributed by atoms with E-state index in [4.69, 9.17) is 21.8 Å². The summed E-state index contributed by atoms with van der Waals surface area (Å²) in [5, 5.41) is 0.699. The number of nitrogens with zero attached hydrogens (tertiary/aromatic N) is 2. The molecule has 0 amide bonds. The highest BCUT2D eigenvalue weighted by Crippen LogP contribution is 2.30. The monoisotopic (exact) mass is 315 g/mol. The van der Waals surface area contributed by atoms with Crippen molar-refractivity contribution in [1.82, 2.24) is 9.88 Å². The van der Waals surface area contributed by atoms with Crippen LogP contribution in [0.5, 0.6) is 0 Å². The molecule has 2 N–H and O–H groups in total. The third-order valence-corrected chi connectivity index (χ3v) is 3.98. The molecule has 0 aliphatic carbocycles. The van der Waals surface area contributed by atoms with Crippen LogP contribution in [0, 0.1) is 0 Å². The predicted molar refractivity (Wildman–Crippen MR) is 83.7 cm³/mol. The molecule has 1 saturated heterocycles. The fourth-order valence-corrected chi connectivity index (χ4v) is 2.85. The molecule has 2 aromatic rings. The number of nitrogens with two attached hydrogens (primary N) is 1. The molecular formula is C14H19Cl2N3O. The van der Waals surface area contributed by atoms with Crippen LogP contribution in [0.25, 0.3) is 11.1 Å². The zero-order valence-corrected chi connectivity index (χ0v) is 12.8. The van der Waals surface area contributed by atoms with Gasteiger partial charge >= 0.3 is 0 Å². The van der Waals surface area contributed by atoms with Gasteiger partial charge in [0.1, 0.15) is 5.52 Å². The summed E-state index contributed by atoms with van der Waals surface area (Å²) < 4.78 is 5.84. The van der Waals surface area contributed by atoms with Crippen molar-refractivity contribution in [3.8, 4) is 0 Å². The number of aromatic nitrogens is 1. The highest BCUT2D eigenvalue weighted by Gasteiger charge is 2.24. The van der Waals surface area contributed by atoms with E-state index < -0.39 is 0 Å². The van der Waals surface area contributed by atoms with Crippen LogP contribution < -0.4 is 5.73 Å². The molecule has 2 heterocycles. The van der Waals surface area contributed by atoms with Gasteiger partial charge < -0.3 is 15.1 Å². The molecule has 1 fully saturated rings. The normalized spacial score (nSPS) is 17.3. The first kappa shape index (κ1) is 15.6. The number of oxazole rings is 1. The number of piperidine rings is 1. The van der Waals surface area contributed by atoms with Crippen LogP contribution in [0.4, 0.5) is 0 Å². The second-order valence-electron chi connectivity index (χ2n) is 5.07. The van der Waals surface area contributed by atoms with Gasteiger partial charge in [0.15, 0.2) is 11.5 Å². The quantitative estimate of drug-likeness (QED) is 0.945. The largest absolute Gasteiger partial charge is 0.440 e. The lowest BCUT2D eigenvalue weighted by Gasteiger charge is -2.29. The maximum Gasteiger partial charge on any atom is 0.198 e. The van der Waals surface area contributed by atoms with Gasteiger partial charge in [-0.25, -0.2) is 4.98 Å². The molecule has 4 nitrogen and oxygen atoms in total. The van der Waals surface area contributed by atoms with Gasteiger partial charge in [0.05, 0.1) is 0 Å². The molecule has 0 saturated carbocycles. The number of rotatable bonds is 3. The Morgan fingerprint density at radius 2 is 2.10 bits per heavy atom. The lowest BCUT2D eigenvalue weighted by molar-refractivity contribution is 0.206. The van der Waals surface area contributed by atoms with E-state index in [1.165, 1.54) is 0 Å². The van der Waals surface area contributed by atoms with Gasteiger partial charge in [-0.3, -0.25) is 0 Å². The Balaban J connectivity index is 0.00000147. The van der Waals surface area contributed by atoms with Crippen LogP contribution in [0.3, 0.4) is 0 Å². The second-order valence-corrected chi connectivity index (χ2v) is 5.51. The van der Waals surface area contributed by atoms with Crippen molar-refractivity contribution >= 4 is 35.1 Å². The molecule has 20 heavy (non-hydrogen) atoms. The third-order valence-electron chi connectivity index (χ3n) is 3.75. The molecule has 0 atom stereocenters. The van der Waals surface area contributed by atoms with Gasteiger partial charge in [0, 0.05) is 24.0 Å². The van der Waals surface area contributed by atoms with E-state index >= 15 is 0 Å². The molecule has 6 heteroatoms. The lowest BCUT2D eigenvalue weighted by atomic mass is 9.97. The molecular weight excluding hydrogens is 297 g/mol. The second kappa shape index (κ2) is 6.76. The van der Waals surface area contributed by atoms with Crippen molar-refractivity contribution in [3.63, 3.8) is 0 Å². The minimum absolute atomic E-state index is 0. The molecule has 1 aliphatic heterocycles. The Labute approximate surface area is 129 Å². The molecule has 1 aliphatic rings. The average molecular weight is 316 g/mol. The van der Waals surface area contributed by atoms with Crippen LogP contribution in [0.1, 0.15) is 24.7 Å². The topological polar surface area (TPSA) is 55.3 Å². The van der Waals surface area contributed by atoms with Gasteiger partial charge in [0.2, 0.25) is 0 Å².